The first-order valence-corrected chi connectivity index (χ1v) is 5.17. The molecule has 0 bridgehead atoms. The molecule has 1 atom stereocenters. The lowest BCUT2D eigenvalue weighted by Crippen LogP contribution is -2.34. The van der Waals surface area contributed by atoms with Gasteiger partial charge in [0.2, 0.25) is 0 Å². The van der Waals surface area contributed by atoms with Crippen LogP contribution in [-0.4, -0.2) is 18.2 Å². The molecular formula is C8H12O3S. The first-order chi connectivity index (χ1) is 5.34. The molecule has 0 spiro atoms. The highest BCUT2D eigenvalue weighted by atomic mass is 32.2. The Morgan fingerprint density at radius 1 is 1.33 bits per heavy atom. The van der Waals surface area contributed by atoms with Crippen LogP contribution in [-0.2, 0) is 10.1 Å². The van der Waals surface area contributed by atoms with E-state index in [0.717, 1.165) is 0 Å². The minimum Gasteiger partial charge on any atom is -0.285 e. The number of allylic oxidation sites excluding steroid dienone is 3. The molecule has 0 heterocycles. The highest BCUT2D eigenvalue weighted by molar-refractivity contribution is 7.86. The first kappa shape index (κ1) is 9.48. The Morgan fingerprint density at radius 3 is 2.25 bits per heavy atom. The molecule has 0 saturated heterocycles. The van der Waals surface area contributed by atoms with Gasteiger partial charge in [-0.1, -0.05) is 38.2 Å². The average Bonchev–Trinajstić information content (AvgIpc) is 1.83. The SMILES string of the molecule is CC1(C)C=CC=CC1S(=O)(=O)O. The second-order valence-electron chi connectivity index (χ2n) is 3.50. The summed E-state index contributed by atoms with van der Waals surface area (Å²) in [5.74, 6) is 0. The van der Waals surface area contributed by atoms with Crippen LogP contribution in [0.4, 0.5) is 0 Å². The normalized spacial score (nSPS) is 27.4. The molecule has 68 valence electrons. The second kappa shape index (κ2) is 2.71. The topological polar surface area (TPSA) is 54.4 Å². The van der Waals surface area contributed by atoms with Gasteiger partial charge in [-0.2, -0.15) is 8.42 Å². The van der Waals surface area contributed by atoms with Crippen molar-refractivity contribution < 1.29 is 13.0 Å². The van der Waals surface area contributed by atoms with Gasteiger partial charge >= 0.3 is 0 Å². The first-order valence-electron chi connectivity index (χ1n) is 3.66. The molecule has 0 saturated carbocycles. The summed E-state index contributed by atoms with van der Waals surface area (Å²) in [6.45, 7) is 3.54. The van der Waals surface area contributed by atoms with Gasteiger partial charge in [0.25, 0.3) is 10.1 Å². The van der Waals surface area contributed by atoms with E-state index in [9.17, 15) is 8.42 Å². The Kier molecular flexibility index (Phi) is 2.14. The molecule has 1 aliphatic rings. The summed E-state index contributed by atoms with van der Waals surface area (Å²) >= 11 is 0. The Morgan fingerprint density at radius 2 is 1.92 bits per heavy atom. The highest BCUT2D eigenvalue weighted by Crippen LogP contribution is 2.31. The third-order valence-corrected chi connectivity index (χ3v) is 3.38. The van der Waals surface area contributed by atoms with E-state index in [4.69, 9.17) is 4.55 Å². The van der Waals surface area contributed by atoms with Gasteiger partial charge in [0.1, 0.15) is 5.25 Å². The summed E-state index contributed by atoms with van der Waals surface area (Å²) in [5, 5.41) is -0.824. The molecule has 0 radical (unpaired) electrons. The summed E-state index contributed by atoms with van der Waals surface area (Å²) in [4.78, 5) is 0. The monoisotopic (exact) mass is 188 g/mol. The van der Waals surface area contributed by atoms with Crippen molar-refractivity contribution in [3.63, 3.8) is 0 Å². The summed E-state index contributed by atoms with van der Waals surface area (Å²) in [5.41, 5.74) is -0.525. The molecule has 4 heteroatoms. The van der Waals surface area contributed by atoms with Gasteiger partial charge in [0.15, 0.2) is 0 Å². The van der Waals surface area contributed by atoms with E-state index >= 15 is 0 Å². The molecule has 1 rings (SSSR count). The van der Waals surface area contributed by atoms with E-state index in [1.807, 2.05) is 0 Å². The number of rotatable bonds is 1. The van der Waals surface area contributed by atoms with Crippen molar-refractivity contribution in [1.29, 1.82) is 0 Å². The fourth-order valence-electron chi connectivity index (χ4n) is 1.29. The lowest BCUT2D eigenvalue weighted by Gasteiger charge is -2.28. The van der Waals surface area contributed by atoms with Gasteiger partial charge in [-0.25, -0.2) is 0 Å². The van der Waals surface area contributed by atoms with Crippen LogP contribution in [0.1, 0.15) is 13.8 Å². The molecule has 1 aliphatic carbocycles. The van der Waals surface area contributed by atoms with Crippen molar-refractivity contribution in [2.24, 2.45) is 5.41 Å². The second-order valence-corrected chi connectivity index (χ2v) is 5.04. The van der Waals surface area contributed by atoms with Crippen molar-refractivity contribution in [3.05, 3.63) is 24.3 Å². The highest BCUT2D eigenvalue weighted by Gasteiger charge is 2.35. The minimum absolute atomic E-state index is 0.525. The Bertz CT molecular complexity index is 322. The van der Waals surface area contributed by atoms with Gasteiger partial charge in [-0.15, -0.1) is 0 Å². The zero-order valence-electron chi connectivity index (χ0n) is 7.06. The Labute approximate surface area is 72.5 Å². The summed E-state index contributed by atoms with van der Waals surface area (Å²) in [6.07, 6.45) is 6.67. The van der Waals surface area contributed by atoms with E-state index in [1.165, 1.54) is 6.08 Å². The molecule has 0 fully saturated rings. The van der Waals surface area contributed by atoms with E-state index in [-0.39, 0.29) is 0 Å². The molecule has 0 amide bonds. The molecule has 0 aromatic carbocycles. The zero-order valence-corrected chi connectivity index (χ0v) is 7.88. The van der Waals surface area contributed by atoms with Crippen molar-refractivity contribution in [3.8, 4) is 0 Å². The van der Waals surface area contributed by atoms with Crippen molar-refractivity contribution >= 4 is 10.1 Å². The van der Waals surface area contributed by atoms with Crippen LogP contribution < -0.4 is 0 Å². The van der Waals surface area contributed by atoms with E-state index in [1.54, 1.807) is 32.1 Å². The van der Waals surface area contributed by atoms with Gasteiger partial charge in [-0.05, 0) is 0 Å². The zero-order chi connectivity index (χ0) is 9.41. The summed E-state index contributed by atoms with van der Waals surface area (Å²) in [6, 6.07) is 0. The largest absolute Gasteiger partial charge is 0.285 e. The van der Waals surface area contributed by atoms with Gasteiger partial charge in [0, 0.05) is 5.41 Å². The fourth-order valence-corrected chi connectivity index (χ4v) is 2.43. The van der Waals surface area contributed by atoms with E-state index < -0.39 is 20.8 Å². The molecule has 0 aliphatic heterocycles. The summed E-state index contributed by atoms with van der Waals surface area (Å²) in [7, 11) is -3.97. The van der Waals surface area contributed by atoms with Crippen molar-refractivity contribution in [1.82, 2.24) is 0 Å². The van der Waals surface area contributed by atoms with Crippen LogP contribution >= 0.6 is 0 Å². The number of hydrogen-bond acceptors (Lipinski definition) is 2. The minimum atomic E-state index is -3.97. The van der Waals surface area contributed by atoms with E-state index in [2.05, 4.69) is 0 Å². The van der Waals surface area contributed by atoms with Crippen LogP contribution in [0.15, 0.2) is 24.3 Å². The predicted molar refractivity (Wildman–Crippen MR) is 47.4 cm³/mol. The lowest BCUT2D eigenvalue weighted by molar-refractivity contribution is 0.416. The predicted octanol–water partition coefficient (Wildman–Crippen LogP) is 1.40. The number of hydrogen-bond donors (Lipinski definition) is 1. The molecule has 12 heavy (non-hydrogen) atoms. The van der Waals surface area contributed by atoms with Crippen LogP contribution in [0, 0.1) is 5.41 Å². The van der Waals surface area contributed by atoms with Gasteiger partial charge in [-0.3, -0.25) is 4.55 Å². The third kappa shape index (κ3) is 1.76. The maximum absolute atomic E-state index is 10.9. The standard InChI is InChI=1S/C8H12O3S/c1-8(2)6-4-3-5-7(8)12(9,10)11/h3-7H,1-2H3,(H,9,10,11). The third-order valence-electron chi connectivity index (χ3n) is 1.98. The maximum atomic E-state index is 10.9. The van der Waals surface area contributed by atoms with Crippen LogP contribution in [0.3, 0.4) is 0 Å². The van der Waals surface area contributed by atoms with Crippen molar-refractivity contribution in [2.45, 2.75) is 19.1 Å². The molecule has 3 nitrogen and oxygen atoms in total. The average molecular weight is 188 g/mol. The molecule has 0 aromatic heterocycles. The molecule has 1 unspecified atom stereocenters. The summed E-state index contributed by atoms with van der Waals surface area (Å²) < 4.78 is 30.6. The molecular weight excluding hydrogens is 176 g/mol. The quantitative estimate of drug-likeness (QED) is 0.633. The smallest absolute Gasteiger partial charge is 0.272 e. The van der Waals surface area contributed by atoms with E-state index in [0.29, 0.717) is 0 Å². The van der Waals surface area contributed by atoms with Crippen molar-refractivity contribution in [2.75, 3.05) is 0 Å². The fraction of sp³-hybridized carbons (Fsp3) is 0.500. The van der Waals surface area contributed by atoms with Gasteiger partial charge in [0.05, 0.1) is 0 Å². The van der Waals surface area contributed by atoms with Gasteiger partial charge < -0.3 is 0 Å². The Balaban J connectivity index is 3.08. The maximum Gasteiger partial charge on any atom is 0.272 e. The van der Waals surface area contributed by atoms with Crippen LogP contribution in [0.25, 0.3) is 0 Å². The lowest BCUT2D eigenvalue weighted by atomic mass is 9.86. The Hall–Kier alpha value is -0.610. The van der Waals surface area contributed by atoms with Crippen LogP contribution in [0.2, 0.25) is 0 Å². The molecule has 0 aromatic rings. The molecule has 1 N–H and O–H groups in total. The van der Waals surface area contributed by atoms with Crippen LogP contribution in [0.5, 0.6) is 0 Å².